The average Bonchev–Trinajstić information content (AvgIpc) is 3.11. The van der Waals surface area contributed by atoms with Crippen molar-refractivity contribution in [3.63, 3.8) is 0 Å². The second-order valence-electron chi connectivity index (χ2n) is 6.46. The molecule has 2 aliphatic heterocycles. The van der Waals surface area contributed by atoms with Crippen molar-refractivity contribution in [3.8, 4) is 11.1 Å². The van der Waals surface area contributed by atoms with E-state index in [-0.39, 0.29) is 11.7 Å². The van der Waals surface area contributed by atoms with Crippen LogP contribution >= 0.6 is 0 Å². The molecule has 1 fully saturated rings. The molecule has 24 heavy (non-hydrogen) atoms. The Bertz CT molecular complexity index is 786. The number of piperidine rings is 1. The lowest BCUT2D eigenvalue weighted by Crippen LogP contribution is -2.38. The molecule has 0 atom stereocenters. The molecule has 122 valence electrons. The molecule has 2 aromatic carbocycles. The van der Waals surface area contributed by atoms with Crippen LogP contribution in [0.15, 0.2) is 42.5 Å². The quantitative estimate of drug-likeness (QED) is 0.925. The molecule has 0 unspecified atom stereocenters. The standard InChI is InChI=1S/C20H20N2O2/c23-17-8-10-22(11-9-17)20(24)15-6-4-14(5-7-15)18-3-1-2-16-12-21-13-19(16)18/h1-7,21H,8-13H2. The lowest BCUT2D eigenvalue weighted by molar-refractivity contribution is -0.120. The molecule has 0 bridgehead atoms. The minimum absolute atomic E-state index is 0.0222. The van der Waals surface area contributed by atoms with Crippen molar-refractivity contribution < 1.29 is 9.59 Å². The highest BCUT2D eigenvalue weighted by Crippen LogP contribution is 2.29. The highest BCUT2D eigenvalue weighted by Gasteiger charge is 2.22. The normalized spacial score (nSPS) is 17.0. The first-order chi connectivity index (χ1) is 11.7. The molecule has 0 aliphatic carbocycles. The Kier molecular flexibility index (Phi) is 3.90. The smallest absolute Gasteiger partial charge is 0.253 e. The van der Waals surface area contributed by atoms with E-state index in [1.54, 1.807) is 4.90 Å². The van der Waals surface area contributed by atoms with Crippen molar-refractivity contribution in [1.29, 1.82) is 0 Å². The third-order valence-electron chi connectivity index (χ3n) is 4.94. The van der Waals surface area contributed by atoms with Crippen LogP contribution in [0.1, 0.15) is 34.3 Å². The lowest BCUT2D eigenvalue weighted by Gasteiger charge is -2.26. The van der Waals surface area contributed by atoms with Gasteiger partial charge in [0.05, 0.1) is 0 Å². The number of hydrogen-bond donors (Lipinski definition) is 1. The lowest BCUT2D eigenvalue weighted by atomic mass is 9.96. The number of nitrogens with zero attached hydrogens (tertiary/aromatic N) is 1. The minimum Gasteiger partial charge on any atom is -0.338 e. The zero-order valence-corrected chi connectivity index (χ0v) is 13.5. The van der Waals surface area contributed by atoms with E-state index in [1.165, 1.54) is 16.7 Å². The Hall–Kier alpha value is -2.46. The summed E-state index contributed by atoms with van der Waals surface area (Å²) in [6, 6.07) is 14.2. The zero-order chi connectivity index (χ0) is 16.5. The van der Waals surface area contributed by atoms with Crippen LogP contribution in [0.25, 0.3) is 11.1 Å². The summed E-state index contributed by atoms with van der Waals surface area (Å²) in [5.41, 5.74) is 5.77. The number of ketones is 1. The molecule has 2 heterocycles. The molecule has 0 radical (unpaired) electrons. The van der Waals surface area contributed by atoms with Gasteiger partial charge in [0.25, 0.3) is 5.91 Å². The van der Waals surface area contributed by atoms with Gasteiger partial charge in [-0.05, 0) is 34.4 Å². The van der Waals surface area contributed by atoms with Crippen LogP contribution in [0.5, 0.6) is 0 Å². The summed E-state index contributed by atoms with van der Waals surface area (Å²) in [6.07, 6.45) is 0.958. The number of Topliss-reactive ketones (excluding diaryl/α,β-unsaturated/α-hetero) is 1. The highest BCUT2D eigenvalue weighted by molar-refractivity contribution is 5.96. The summed E-state index contributed by atoms with van der Waals surface area (Å²) in [7, 11) is 0. The molecule has 2 aliphatic rings. The second-order valence-corrected chi connectivity index (χ2v) is 6.46. The van der Waals surface area contributed by atoms with Gasteiger partial charge in [-0.3, -0.25) is 9.59 Å². The average molecular weight is 320 g/mol. The number of benzene rings is 2. The van der Waals surface area contributed by atoms with Gasteiger partial charge in [0.15, 0.2) is 0 Å². The third kappa shape index (κ3) is 2.74. The van der Waals surface area contributed by atoms with E-state index in [0.29, 0.717) is 31.5 Å². The number of likely N-dealkylation sites (tertiary alicyclic amines) is 1. The van der Waals surface area contributed by atoms with E-state index in [9.17, 15) is 9.59 Å². The number of hydrogen-bond acceptors (Lipinski definition) is 3. The fourth-order valence-electron chi connectivity index (χ4n) is 3.54. The predicted octanol–water partition coefficient (Wildman–Crippen LogP) is 2.76. The van der Waals surface area contributed by atoms with Crippen molar-refractivity contribution >= 4 is 11.7 Å². The van der Waals surface area contributed by atoms with Gasteiger partial charge in [0.2, 0.25) is 0 Å². The first-order valence-corrected chi connectivity index (χ1v) is 8.45. The summed E-state index contributed by atoms with van der Waals surface area (Å²) < 4.78 is 0. The van der Waals surface area contributed by atoms with Gasteiger partial charge in [0, 0.05) is 44.6 Å². The van der Waals surface area contributed by atoms with Crippen molar-refractivity contribution in [2.75, 3.05) is 13.1 Å². The number of nitrogens with one attached hydrogen (secondary N) is 1. The highest BCUT2D eigenvalue weighted by atomic mass is 16.2. The Labute approximate surface area is 141 Å². The largest absolute Gasteiger partial charge is 0.338 e. The van der Waals surface area contributed by atoms with Gasteiger partial charge in [-0.2, -0.15) is 0 Å². The van der Waals surface area contributed by atoms with Gasteiger partial charge in [0.1, 0.15) is 5.78 Å². The van der Waals surface area contributed by atoms with E-state index in [4.69, 9.17) is 0 Å². The number of carbonyl (C=O) groups excluding carboxylic acids is 2. The molecular weight excluding hydrogens is 300 g/mol. The molecule has 4 nitrogen and oxygen atoms in total. The van der Waals surface area contributed by atoms with Crippen molar-refractivity contribution in [2.24, 2.45) is 0 Å². The van der Waals surface area contributed by atoms with E-state index in [0.717, 1.165) is 18.7 Å². The number of fused-ring (bicyclic) bond motifs is 1. The van der Waals surface area contributed by atoms with Crippen LogP contribution in [0.2, 0.25) is 0 Å². The molecular formula is C20H20N2O2. The first kappa shape index (κ1) is 15.1. The molecule has 0 saturated carbocycles. The Morgan fingerprint density at radius 3 is 2.46 bits per heavy atom. The fourth-order valence-corrected chi connectivity index (χ4v) is 3.54. The molecule has 1 amide bonds. The molecule has 4 rings (SSSR count). The van der Waals surface area contributed by atoms with Crippen LogP contribution in [0, 0.1) is 0 Å². The van der Waals surface area contributed by atoms with Gasteiger partial charge in [-0.15, -0.1) is 0 Å². The molecule has 0 spiro atoms. The zero-order valence-electron chi connectivity index (χ0n) is 13.5. The van der Waals surface area contributed by atoms with Crippen molar-refractivity contribution in [1.82, 2.24) is 10.2 Å². The van der Waals surface area contributed by atoms with E-state index >= 15 is 0 Å². The van der Waals surface area contributed by atoms with E-state index in [2.05, 4.69) is 23.5 Å². The predicted molar refractivity (Wildman–Crippen MR) is 92.6 cm³/mol. The Morgan fingerprint density at radius 2 is 1.71 bits per heavy atom. The first-order valence-electron chi connectivity index (χ1n) is 8.45. The topological polar surface area (TPSA) is 49.4 Å². The molecule has 2 aromatic rings. The van der Waals surface area contributed by atoms with Gasteiger partial charge in [-0.1, -0.05) is 30.3 Å². The van der Waals surface area contributed by atoms with Gasteiger partial charge >= 0.3 is 0 Å². The molecule has 1 saturated heterocycles. The van der Waals surface area contributed by atoms with Crippen molar-refractivity contribution in [3.05, 3.63) is 59.2 Å². The SMILES string of the molecule is O=C1CCN(C(=O)c2ccc(-c3cccc4c3CNC4)cc2)CC1. The van der Waals surface area contributed by atoms with Gasteiger partial charge in [-0.25, -0.2) is 0 Å². The molecule has 0 aromatic heterocycles. The monoisotopic (exact) mass is 320 g/mol. The van der Waals surface area contributed by atoms with E-state index in [1.807, 2.05) is 24.3 Å². The number of rotatable bonds is 2. The van der Waals surface area contributed by atoms with Crippen LogP contribution in [-0.2, 0) is 17.9 Å². The maximum atomic E-state index is 12.5. The van der Waals surface area contributed by atoms with Crippen LogP contribution < -0.4 is 5.32 Å². The summed E-state index contributed by atoms with van der Waals surface area (Å²) >= 11 is 0. The Balaban J connectivity index is 1.56. The van der Waals surface area contributed by atoms with Crippen molar-refractivity contribution in [2.45, 2.75) is 25.9 Å². The Morgan fingerprint density at radius 1 is 0.958 bits per heavy atom. The summed E-state index contributed by atoms with van der Waals surface area (Å²) in [5.74, 6) is 0.273. The minimum atomic E-state index is 0.0222. The fraction of sp³-hybridized carbons (Fsp3) is 0.300. The number of carbonyl (C=O) groups is 2. The summed E-state index contributed by atoms with van der Waals surface area (Å²) in [6.45, 7) is 2.90. The second kappa shape index (κ2) is 6.21. The van der Waals surface area contributed by atoms with Crippen LogP contribution in [0.4, 0.5) is 0 Å². The van der Waals surface area contributed by atoms with E-state index < -0.39 is 0 Å². The maximum Gasteiger partial charge on any atom is 0.253 e. The van der Waals surface area contributed by atoms with Gasteiger partial charge < -0.3 is 10.2 Å². The molecule has 4 heteroatoms. The third-order valence-corrected chi connectivity index (χ3v) is 4.94. The maximum absolute atomic E-state index is 12.5. The summed E-state index contributed by atoms with van der Waals surface area (Å²) in [5, 5.41) is 3.39. The van der Waals surface area contributed by atoms with Crippen LogP contribution in [-0.4, -0.2) is 29.7 Å². The summed E-state index contributed by atoms with van der Waals surface area (Å²) in [4.78, 5) is 25.6. The number of amides is 1. The van der Waals surface area contributed by atoms with Crippen LogP contribution in [0.3, 0.4) is 0 Å². The molecule has 1 N–H and O–H groups in total.